The molecule has 2 rings (SSSR count). The van der Waals surface area contributed by atoms with E-state index in [0.717, 1.165) is 12.5 Å². The Hall–Kier alpha value is -0.0800. The minimum Gasteiger partial charge on any atom is -0.374 e. The Morgan fingerprint density at radius 2 is 1.93 bits per heavy atom. The highest BCUT2D eigenvalue weighted by Gasteiger charge is 2.40. The van der Waals surface area contributed by atoms with Crippen molar-refractivity contribution in [3.05, 3.63) is 0 Å². The summed E-state index contributed by atoms with van der Waals surface area (Å²) < 4.78 is 6.04. The molecule has 2 heteroatoms. The van der Waals surface area contributed by atoms with Gasteiger partial charge in [0.15, 0.2) is 0 Å². The largest absolute Gasteiger partial charge is 0.374 e. The molecule has 0 heterocycles. The lowest BCUT2D eigenvalue weighted by atomic mass is 9.77. The summed E-state index contributed by atoms with van der Waals surface area (Å²) in [4.78, 5) is 0. The predicted octanol–water partition coefficient (Wildman–Crippen LogP) is 2.85. The van der Waals surface area contributed by atoms with E-state index in [9.17, 15) is 0 Å². The first-order valence-corrected chi connectivity index (χ1v) is 6.66. The van der Waals surface area contributed by atoms with Crippen molar-refractivity contribution in [2.24, 2.45) is 11.7 Å². The van der Waals surface area contributed by atoms with Crippen LogP contribution >= 0.6 is 0 Å². The van der Waals surface area contributed by atoms with Crippen LogP contribution in [0.25, 0.3) is 0 Å². The lowest BCUT2D eigenvalue weighted by Gasteiger charge is -2.41. The van der Waals surface area contributed by atoms with Crippen molar-refractivity contribution in [3.63, 3.8) is 0 Å². The monoisotopic (exact) mass is 211 g/mol. The lowest BCUT2D eigenvalue weighted by Crippen LogP contribution is -2.51. The quantitative estimate of drug-likeness (QED) is 0.759. The molecule has 0 saturated heterocycles. The zero-order valence-corrected chi connectivity index (χ0v) is 10.0. The molecule has 2 aliphatic carbocycles. The Labute approximate surface area is 93.6 Å². The van der Waals surface area contributed by atoms with Crippen molar-refractivity contribution in [2.45, 2.75) is 69.9 Å². The highest BCUT2D eigenvalue weighted by molar-refractivity contribution is 4.96. The van der Waals surface area contributed by atoms with E-state index < -0.39 is 0 Å². The standard InChI is InChI=1S/C13H25NO/c1-2-15-13(8-4-3-5-9-13)12(14)10-11-6-7-11/h11-12H,2-10,14H2,1H3. The van der Waals surface area contributed by atoms with Crippen LogP contribution in [0.4, 0.5) is 0 Å². The maximum atomic E-state index is 6.39. The zero-order chi connectivity index (χ0) is 10.7. The van der Waals surface area contributed by atoms with Gasteiger partial charge in [-0.15, -0.1) is 0 Å². The van der Waals surface area contributed by atoms with Gasteiger partial charge in [0.25, 0.3) is 0 Å². The summed E-state index contributed by atoms with van der Waals surface area (Å²) in [5.74, 6) is 0.916. The fraction of sp³-hybridized carbons (Fsp3) is 1.00. The molecule has 15 heavy (non-hydrogen) atoms. The third-order valence-electron chi connectivity index (χ3n) is 4.09. The maximum Gasteiger partial charge on any atom is 0.0832 e. The topological polar surface area (TPSA) is 35.2 Å². The van der Waals surface area contributed by atoms with Crippen LogP contribution in [0.3, 0.4) is 0 Å². The molecule has 88 valence electrons. The fourth-order valence-corrected chi connectivity index (χ4v) is 2.99. The molecule has 2 nitrogen and oxygen atoms in total. The molecular formula is C13H25NO. The highest BCUT2D eigenvalue weighted by atomic mass is 16.5. The fourth-order valence-electron chi connectivity index (χ4n) is 2.99. The summed E-state index contributed by atoms with van der Waals surface area (Å²) in [6, 6.07) is 0.283. The Morgan fingerprint density at radius 3 is 2.47 bits per heavy atom. The summed E-state index contributed by atoms with van der Waals surface area (Å²) >= 11 is 0. The highest BCUT2D eigenvalue weighted by Crippen LogP contribution is 2.40. The molecular weight excluding hydrogens is 186 g/mol. The van der Waals surface area contributed by atoms with Gasteiger partial charge in [-0.2, -0.15) is 0 Å². The number of hydrogen-bond donors (Lipinski definition) is 1. The molecule has 2 aliphatic rings. The van der Waals surface area contributed by atoms with Gasteiger partial charge in [-0.25, -0.2) is 0 Å². The van der Waals surface area contributed by atoms with E-state index in [1.54, 1.807) is 0 Å². The van der Waals surface area contributed by atoms with Crippen LogP contribution in [-0.4, -0.2) is 18.2 Å². The van der Waals surface area contributed by atoms with Gasteiger partial charge in [0, 0.05) is 12.6 Å². The molecule has 0 amide bonds. The summed E-state index contributed by atoms with van der Waals surface area (Å²) in [7, 11) is 0. The van der Waals surface area contributed by atoms with Gasteiger partial charge in [0.05, 0.1) is 5.60 Å². The van der Waals surface area contributed by atoms with Gasteiger partial charge in [-0.05, 0) is 32.1 Å². The number of nitrogens with two attached hydrogens (primary N) is 1. The number of hydrogen-bond acceptors (Lipinski definition) is 2. The van der Waals surface area contributed by atoms with Crippen LogP contribution in [0.1, 0.15) is 58.3 Å². The SMILES string of the molecule is CCOC1(C(N)CC2CC2)CCCCC1. The third-order valence-corrected chi connectivity index (χ3v) is 4.09. The smallest absolute Gasteiger partial charge is 0.0832 e. The molecule has 2 N–H and O–H groups in total. The van der Waals surface area contributed by atoms with Gasteiger partial charge < -0.3 is 10.5 Å². The number of rotatable bonds is 5. The van der Waals surface area contributed by atoms with E-state index >= 15 is 0 Å². The normalized spacial score (nSPS) is 27.6. The second-order valence-electron chi connectivity index (χ2n) is 5.34. The minimum atomic E-state index is 0.0373. The first-order valence-electron chi connectivity index (χ1n) is 6.66. The molecule has 0 bridgehead atoms. The summed E-state index contributed by atoms with van der Waals surface area (Å²) in [6.07, 6.45) is 10.3. The van der Waals surface area contributed by atoms with E-state index in [1.165, 1.54) is 51.4 Å². The summed E-state index contributed by atoms with van der Waals surface area (Å²) in [6.45, 7) is 2.92. The molecule has 2 saturated carbocycles. The third kappa shape index (κ3) is 2.73. The van der Waals surface area contributed by atoms with E-state index in [1.807, 2.05) is 0 Å². The van der Waals surface area contributed by atoms with Gasteiger partial charge in [0.1, 0.15) is 0 Å². The first-order chi connectivity index (χ1) is 7.27. The molecule has 0 radical (unpaired) electrons. The summed E-state index contributed by atoms with van der Waals surface area (Å²) in [5, 5.41) is 0. The van der Waals surface area contributed by atoms with E-state index in [4.69, 9.17) is 10.5 Å². The van der Waals surface area contributed by atoms with Gasteiger partial charge >= 0.3 is 0 Å². The van der Waals surface area contributed by atoms with Crippen LogP contribution in [0, 0.1) is 5.92 Å². The van der Waals surface area contributed by atoms with Gasteiger partial charge in [-0.3, -0.25) is 0 Å². The van der Waals surface area contributed by atoms with E-state index in [-0.39, 0.29) is 11.6 Å². The molecule has 1 unspecified atom stereocenters. The van der Waals surface area contributed by atoms with Crippen LogP contribution in [0.15, 0.2) is 0 Å². The average molecular weight is 211 g/mol. The second kappa shape index (κ2) is 4.84. The van der Waals surface area contributed by atoms with Gasteiger partial charge in [0.2, 0.25) is 0 Å². The van der Waals surface area contributed by atoms with Crippen molar-refractivity contribution in [2.75, 3.05) is 6.61 Å². The zero-order valence-electron chi connectivity index (χ0n) is 10.0. The van der Waals surface area contributed by atoms with Crippen LogP contribution in [0.5, 0.6) is 0 Å². The van der Waals surface area contributed by atoms with Crippen LogP contribution in [-0.2, 0) is 4.74 Å². The molecule has 0 aromatic rings. The van der Waals surface area contributed by atoms with E-state index in [0.29, 0.717) is 0 Å². The van der Waals surface area contributed by atoms with E-state index in [2.05, 4.69) is 6.92 Å². The molecule has 1 atom stereocenters. The Morgan fingerprint density at radius 1 is 1.27 bits per heavy atom. The lowest BCUT2D eigenvalue weighted by molar-refractivity contribution is -0.0842. The van der Waals surface area contributed by atoms with Crippen molar-refractivity contribution < 1.29 is 4.74 Å². The molecule has 2 fully saturated rings. The maximum absolute atomic E-state index is 6.39. The second-order valence-corrected chi connectivity index (χ2v) is 5.34. The molecule has 0 aliphatic heterocycles. The average Bonchev–Trinajstić information content (AvgIpc) is 3.03. The predicted molar refractivity (Wildman–Crippen MR) is 62.8 cm³/mol. The Balaban J connectivity index is 1.94. The molecule has 0 aromatic carbocycles. The Bertz CT molecular complexity index is 189. The van der Waals surface area contributed by atoms with Crippen molar-refractivity contribution >= 4 is 0 Å². The first kappa shape index (κ1) is 11.4. The summed E-state index contributed by atoms with van der Waals surface area (Å²) in [5.41, 5.74) is 6.42. The number of ether oxygens (including phenoxy) is 1. The van der Waals surface area contributed by atoms with Crippen LogP contribution in [0.2, 0.25) is 0 Å². The van der Waals surface area contributed by atoms with Crippen molar-refractivity contribution in [1.82, 2.24) is 0 Å². The van der Waals surface area contributed by atoms with Crippen molar-refractivity contribution in [3.8, 4) is 0 Å². The molecule has 0 aromatic heterocycles. The van der Waals surface area contributed by atoms with Crippen LogP contribution < -0.4 is 5.73 Å². The molecule has 0 spiro atoms. The van der Waals surface area contributed by atoms with Crippen molar-refractivity contribution in [1.29, 1.82) is 0 Å². The minimum absolute atomic E-state index is 0.0373. The van der Waals surface area contributed by atoms with Gasteiger partial charge in [-0.1, -0.05) is 32.1 Å². The Kier molecular flexibility index (Phi) is 3.68.